The summed E-state index contributed by atoms with van der Waals surface area (Å²) >= 11 is 2.30. The Labute approximate surface area is 140 Å². The van der Waals surface area contributed by atoms with E-state index < -0.39 is 0 Å². The highest BCUT2D eigenvalue weighted by Gasteiger charge is 2.15. The summed E-state index contributed by atoms with van der Waals surface area (Å²) in [4.78, 5) is 0. The summed E-state index contributed by atoms with van der Waals surface area (Å²) in [7, 11) is 0. The summed E-state index contributed by atoms with van der Waals surface area (Å²) in [5, 5.41) is 13.9. The van der Waals surface area contributed by atoms with Crippen LogP contribution >= 0.6 is 22.6 Å². The molecule has 0 heterocycles. The monoisotopic (exact) mass is 395 g/mol. The first-order valence-electron chi connectivity index (χ1n) is 7.28. The molecule has 21 heavy (non-hydrogen) atoms. The molecule has 2 N–H and O–H groups in total. The van der Waals surface area contributed by atoms with Gasteiger partial charge >= 0.3 is 0 Å². The zero-order chi connectivity index (χ0) is 15.6. The number of aromatic hydroxyl groups is 1. The van der Waals surface area contributed by atoms with Crippen molar-refractivity contribution in [2.45, 2.75) is 39.5 Å². The normalized spacial score (nSPS) is 11.2. The number of phenolic OH excluding ortho intramolecular Hbond substituents is 1. The molecule has 2 nitrogen and oxygen atoms in total. The zero-order valence-corrected chi connectivity index (χ0v) is 15.1. The Balaban J connectivity index is 2.41. The number of phenols is 1. The second kappa shape index (κ2) is 6.69. The van der Waals surface area contributed by atoms with Crippen molar-refractivity contribution in [3.8, 4) is 5.75 Å². The first-order valence-corrected chi connectivity index (χ1v) is 8.35. The molecule has 2 aromatic rings. The lowest BCUT2D eigenvalue weighted by Crippen LogP contribution is -1.99. The van der Waals surface area contributed by atoms with Gasteiger partial charge in [0.2, 0.25) is 0 Å². The van der Waals surface area contributed by atoms with Gasteiger partial charge in [0, 0.05) is 14.9 Å². The number of halogens is 1. The summed E-state index contributed by atoms with van der Waals surface area (Å²) in [6, 6.07) is 12.4. The average Bonchev–Trinajstić information content (AvgIpc) is 2.42. The van der Waals surface area contributed by atoms with Crippen molar-refractivity contribution in [3.63, 3.8) is 0 Å². The molecule has 2 aromatic carbocycles. The van der Waals surface area contributed by atoms with E-state index in [2.05, 4.69) is 79.9 Å². The second-order valence-electron chi connectivity index (χ2n) is 5.94. The van der Waals surface area contributed by atoms with Gasteiger partial charge in [0.25, 0.3) is 0 Å². The van der Waals surface area contributed by atoms with Crippen molar-refractivity contribution in [1.82, 2.24) is 0 Å². The molecule has 0 spiro atoms. The highest BCUT2D eigenvalue weighted by Crippen LogP contribution is 2.37. The van der Waals surface area contributed by atoms with Gasteiger partial charge in [-0.15, -0.1) is 0 Å². The van der Waals surface area contributed by atoms with Crippen LogP contribution in [-0.4, -0.2) is 5.11 Å². The molecule has 0 aliphatic heterocycles. The van der Waals surface area contributed by atoms with Gasteiger partial charge in [-0.25, -0.2) is 0 Å². The lowest BCUT2D eigenvalue weighted by molar-refractivity contribution is 0.454. The number of anilines is 2. The van der Waals surface area contributed by atoms with Gasteiger partial charge in [0.15, 0.2) is 0 Å². The topological polar surface area (TPSA) is 32.3 Å². The Morgan fingerprint density at radius 2 is 1.33 bits per heavy atom. The molecule has 3 heteroatoms. The third-order valence-electron chi connectivity index (χ3n) is 3.55. The van der Waals surface area contributed by atoms with Gasteiger partial charge in [0.05, 0.1) is 0 Å². The molecular formula is C18H22INO. The molecule has 0 fully saturated rings. The van der Waals surface area contributed by atoms with Gasteiger partial charge in [0.1, 0.15) is 5.75 Å². The Morgan fingerprint density at radius 3 is 1.76 bits per heavy atom. The van der Waals surface area contributed by atoms with E-state index >= 15 is 0 Å². The number of nitrogens with one attached hydrogen (secondary N) is 1. The highest BCUT2D eigenvalue weighted by atomic mass is 127. The van der Waals surface area contributed by atoms with Crippen molar-refractivity contribution < 1.29 is 5.11 Å². The van der Waals surface area contributed by atoms with E-state index in [1.165, 1.54) is 3.57 Å². The quantitative estimate of drug-likeness (QED) is 0.493. The maximum Gasteiger partial charge on any atom is 0.122 e. The first kappa shape index (κ1) is 16.1. The fraction of sp³-hybridized carbons (Fsp3) is 0.333. The van der Waals surface area contributed by atoms with Crippen LogP contribution in [0.4, 0.5) is 11.4 Å². The van der Waals surface area contributed by atoms with Crippen LogP contribution in [0.15, 0.2) is 36.4 Å². The number of rotatable bonds is 4. The molecule has 0 radical (unpaired) electrons. The molecule has 2 rings (SSSR count). The Bertz CT molecular complexity index is 589. The summed E-state index contributed by atoms with van der Waals surface area (Å²) in [6.45, 7) is 8.42. The van der Waals surface area contributed by atoms with E-state index in [-0.39, 0.29) is 0 Å². The summed E-state index contributed by atoms with van der Waals surface area (Å²) in [5.74, 6) is 1.02. The lowest BCUT2D eigenvalue weighted by atomic mass is 9.93. The second-order valence-corrected chi connectivity index (χ2v) is 7.19. The maximum absolute atomic E-state index is 10.4. The largest absolute Gasteiger partial charge is 0.507 e. The van der Waals surface area contributed by atoms with Crippen LogP contribution in [0.3, 0.4) is 0 Å². The molecule has 0 amide bonds. The van der Waals surface area contributed by atoms with Gasteiger partial charge in [-0.2, -0.15) is 0 Å². The van der Waals surface area contributed by atoms with E-state index in [9.17, 15) is 5.11 Å². The van der Waals surface area contributed by atoms with Gasteiger partial charge in [-0.1, -0.05) is 27.7 Å². The van der Waals surface area contributed by atoms with Crippen LogP contribution in [-0.2, 0) is 0 Å². The minimum absolute atomic E-state index is 0.293. The predicted molar refractivity (Wildman–Crippen MR) is 98.7 cm³/mol. The van der Waals surface area contributed by atoms with Crippen molar-refractivity contribution in [3.05, 3.63) is 51.1 Å². The van der Waals surface area contributed by atoms with Crippen LogP contribution in [0, 0.1) is 3.57 Å². The SMILES string of the molecule is CC(C)c1cc(Nc2ccc(I)cc2)cc(C(C)C)c1O. The Kier molecular flexibility index (Phi) is 5.14. The van der Waals surface area contributed by atoms with Crippen LogP contribution in [0.2, 0.25) is 0 Å². The van der Waals surface area contributed by atoms with E-state index in [4.69, 9.17) is 0 Å². The third kappa shape index (κ3) is 3.90. The predicted octanol–water partition coefficient (Wildman–Crippen LogP) is 5.99. The summed E-state index contributed by atoms with van der Waals surface area (Å²) in [5.41, 5.74) is 4.08. The molecule has 0 unspecified atom stereocenters. The average molecular weight is 395 g/mol. The standard InChI is InChI=1S/C18H22INO/c1-11(2)16-9-15(10-17(12(3)4)18(16)21)20-14-7-5-13(19)6-8-14/h5-12,20-21H,1-4H3. The Hall–Kier alpha value is -1.23. The summed E-state index contributed by atoms with van der Waals surface area (Å²) < 4.78 is 1.22. The zero-order valence-electron chi connectivity index (χ0n) is 12.9. The van der Waals surface area contributed by atoms with E-state index in [1.807, 2.05) is 12.1 Å². The first-order chi connectivity index (χ1) is 9.88. The minimum Gasteiger partial charge on any atom is -0.507 e. The lowest BCUT2D eigenvalue weighted by Gasteiger charge is -2.18. The minimum atomic E-state index is 0.293. The van der Waals surface area contributed by atoms with E-state index in [0.717, 1.165) is 22.5 Å². The van der Waals surface area contributed by atoms with Gasteiger partial charge < -0.3 is 10.4 Å². The number of hydrogen-bond acceptors (Lipinski definition) is 2. The molecule has 0 aliphatic rings. The van der Waals surface area contributed by atoms with Crippen molar-refractivity contribution >= 4 is 34.0 Å². The number of hydrogen-bond donors (Lipinski definition) is 2. The smallest absolute Gasteiger partial charge is 0.122 e. The molecule has 0 saturated carbocycles. The molecule has 0 aliphatic carbocycles. The number of benzene rings is 2. The molecule has 112 valence electrons. The van der Waals surface area contributed by atoms with Crippen molar-refractivity contribution in [1.29, 1.82) is 0 Å². The van der Waals surface area contributed by atoms with Gasteiger partial charge in [-0.05, 0) is 82.0 Å². The van der Waals surface area contributed by atoms with Gasteiger partial charge in [-0.3, -0.25) is 0 Å². The molecule has 0 atom stereocenters. The molecule has 0 bridgehead atoms. The maximum atomic E-state index is 10.4. The molecule has 0 aromatic heterocycles. The van der Waals surface area contributed by atoms with E-state index in [1.54, 1.807) is 0 Å². The van der Waals surface area contributed by atoms with Crippen LogP contribution in [0.1, 0.15) is 50.7 Å². The van der Waals surface area contributed by atoms with Crippen LogP contribution in [0.5, 0.6) is 5.75 Å². The van der Waals surface area contributed by atoms with Crippen molar-refractivity contribution in [2.75, 3.05) is 5.32 Å². The third-order valence-corrected chi connectivity index (χ3v) is 4.26. The molecule has 0 saturated heterocycles. The fourth-order valence-corrected chi connectivity index (χ4v) is 2.69. The Morgan fingerprint density at radius 1 is 0.857 bits per heavy atom. The fourth-order valence-electron chi connectivity index (χ4n) is 2.33. The van der Waals surface area contributed by atoms with Crippen LogP contribution < -0.4 is 5.32 Å². The highest BCUT2D eigenvalue weighted by molar-refractivity contribution is 14.1. The van der Waals surface area contributed by atoms with Crippen LogP contribution in [0.25, 0.3) is 0 Å². The molecular weight excluding hydrogens is 373 g/mol. The van der Waals surface area contributed by atoms with E-state index in [0.29, 0.717) is 17.6 Å². The van der Waals surface area contributed by atoms with Crippen molar-refractivity contribution in [2.24, 2.45) is 0 Å². The summed E-state index contributed by atoms with van der Waals surface area (Å²) in [6.07, 6.45) is 0.